The van der Waals surface area contributed by atoms with E-state index in [1.165, 1.54) is 11.9 Å². The number of primary amides is 1. The molecule has 0 radical (unpaired) electrons. The van der Waals surface area contributed by atoms with Crippen LogP contribution in [-0.2, 0) is 11.2 Å². The van der Waals surface area contributed by atoms with Crippen molar-refractivity contribution in [2.45, 2.75) is 45.6 Å². The molecule has 4 amide bonds. The normalized spacial score (nSPS) is 17.1. The third-order valence-electron chi connectivity index (χ3n) is 9.80. The number of carbonyl (C=O) groups is 3. The van der Waals surface area contributed by atoms with Crippen molar-refractivity contribution in [2.24, 2.45) is 5.73 Å². The number of anilines is 4. The molecule has 15 heteroatoms. The molecule has 0 saturated carbocycles. The number of hydrogen-bond donors (Lipinski definition) is 3. The quantitative estimate of drug-likeness (QED) is 0.175. The van der Waals surface area contributed by atoms with E-state index in [1.807, 2.05) is 62.5 Å². The Labute approximate surface area is 306 Å². The van der Waals surface area contributed by atoms with Gasteiger partial charge < -0.3 is 20.5 Å². The average Bonchev–Trinajstić information content (AvgIpc) is 3.66. The van der Waals surface area contributed by atoms with E-state index in [4.69, 9.17) is 15.2 Å². The van der Waals surface area contributed by atoms with Gasteiger partial charge in [-0.05, 0) is 67.3 Å². The number of nitrogens with one attached hydrogen (secondary N) is 2. The predicted molar refractivity (Wildman–Crippen MR) is 199 cm³/mol. The van der Waals surface area contributed by atoms with Gasteiger partial charge in [-0.3, -0.25) is 24.7 Å². The Hall–Kier alpha value is -6.22. The molecular weight excluding hydrogens is 674 g/mol. The maximum atomic E-state index is 12.2. The Balaban J connectivity index is 0.915. The standard InChI is InChI=1S/C38H41N11O4/c1-23-18-27(6-10-30(23)25(3)36-45-37(35(39)51)53-46-36)31-19-33(42-22-41-31)43-32-11-9-29(20-40-32)48-17-16-47(21-24(48)2)14-12-26-4-7-28(8-5-26)49-15-13-34(50)44-38(49)52/h4-11,18-20,22,24-25H,12-17,21H2,1-3H3,(H2,39,51)(H,44,50,52)(H,40,41,42,43)/t24-,25-/m1/s1. The number of aryl methyl sites for hydroxylation is 1. The van der Waals surface area contributed by atoms with Gasteiger partial charge in [0, 0.05) is 68.4 Å². The van der Waals surface area contributed by atoms with Crippen molar-refractivity contribution in [3.05, 3.63) is 102 Å². The highest BCUT2D eigenvalue weighted by atomic mass is 16.5. The first-order chi connectivity index (χ1) is 25.6. The Kier molecular flexibility index (Phi) is 10.1. The number of benzene rings is 2. The number of nitrogens with zero attached hydrogens (tertiary/aromatic N) is 8. The molecule has 5 heterocycles. The van der Waals surface area contributed by atoms with Crippen molar-refractivity contribution in [2.75, 3.05) is 47.8 Å². The molecule has 2 atom stereocenters. The van der Waals surface area contributed by atoms with Crippen LogP contribution in [0.15, 0.2) is 77.7 Å². The van der Waals surface area contributed by atoms with Gasteiger partial charge in [0.25, 0.3) is 0 Å². The van der Waals surface area contributed by atoms with Gasteiger partial charge in [0.15, 0.2) is 5.82 Å². The minimum Gasteiger partial charge on any atom is -0.365 e. The van der Waals surface area contributed by atoms with Crippen LogP contribution in [0.4, 0.5) is 27.8 Å². The lowest BCUT2D eigenvalue weighted by molar-refractivity contribution is -0.120. The first-order valence-corrected chi connectivity index (χ1v) is 17.6. The summed E-state index contributed by atoms with van der Waals surface area (Å²) < 4.78 is 4.97. The van der Waals surface area contributed by atoms with Gasteiger partial charge in [-0.15, -0.1) is 0 Å². The van der Waals surface area contributed by atoms with Gasteiger partial charge in [0.2, 0.25) is 5.91 Å². The smallest absolute Gasteiger partial charge is 0.328 e. The largest absolute Gasteiger partial charge is 0.365 e. The van der Waals surface area contributed by atoms with Crippen molar-refractivity contribution in [3.8, 4) is 11.3 Å². The predicted octanol–water partition coefficient (Wildman–Crippen LogP) is 4.42. The van der Waals surface area contributed by atoms with Crippen LogP contribution in [0, 0.1) is 6.92 Å². The van der Waals surface area contributed by atoms with Crippen molar-refractivity contribution in [1.29, 1.82) is 0 Å². The van der Waals surface area contributed by atoms with Crippen molar-refractivity contribution < 1.29 is 18.9 Å². The lowest BCUT2D eigenvalue weighted by Crippen LogP contribution is -2.52. The molecule has 2 fully saturated rings. The Morgan fingerprint density at radius 3 is 2.51 bits per heavy atom. The fourth-order valence-corrected chi connectivity index (χ4v) is 6.88. The molecule has 0 unspecified atom stereocenters. The number of aromatic nitrogens is 5. The topological polar surface area (TPSA) is 189 Å². The number of carbonyl (C=O) groups excluding carboxylic acids is 3. The molecule has 2 aliphatic heterocycles. The van der Waals surface area contributed by atoms with Crippen LogP contribution >= 0.6 is 0 Å². The molecule has 0 spiro atoms. The second-order valence-electron chi connectivity index (χ2n) is 13.4. The zero-order valence-electron chi connectivity index (χ0n) is 29.8. The summed E-state index contributed by atoms with van der Waals surface area (Å²) in [5.41, 5.74) is 12.0. The van der Waals surface area contributed by atoms with Crippen LogP contribution in [0.2, 0.25) is 0 Å². The molecule has 15 nitrogen and oxygen atoms in total. The van der Waals surface area contributed by atoms with Crippen LogP contribution < -0.4 is 26.2 Å². The lowest BCUT2D eigenvalue weighted by atomic mass is 9.93. The van der Waals surface area contributed by atoms with Crippen LogP contribution in [0.25, 0.3) is 11.3 Å². The van der Waals surface area contributed by atoms with E-state index in [2.05, 4.69) is 65.7 Å². The first kappa shape index (κ1) is 35.2. The fraction of sp³-hybridized carbons (Fsp3) is 0.316. The summed E-state index contributed by atoms with van der Waals surface area (Å²) in [5.74, 6) is 0.302. The zero-order chi connectivity index (χ0) is 37.1. The minimum atomic E-state index is -0.756. The number of urea groups is 1. The van der Waals surface area contributed by atoms with Gasteiger partial charge in [0.05, 0.1) is 17.6 Å². The number of rotatable bonds is 11. The molecule has 272 valence electrons. The first-order valence-electron chi connectivity index (χ1n) is 17.6. The molecule has 7 rings (SSSR count). The zero-order valence-corrected chi connectivity index (χ0v) is 29.8. The summed E-state index contributed by atoms with van der Waals surface area (Å²) in [7, 11) is 0. The SMILES string of the molecule is Cc1cc(-c2cc(Nc3ccc(N4CCN(CCc5ccc(N6CCC(=O)NC6=O)cc5)C[C@H]4C)cn3)ncn2)ccc1[C@@H](C)c1noc(C(N)=O)n1. The Morgan fingerprint density at radius 1 is 1.00 bits per heavy atom. The molecule has 53 heavy (non-hydrogen) atoms. The summed E-state index contributed by atoms with van der Waals surface area (Å²) in [5, 5.41) is 9.60. The summed E-state index contributed by atoms with van der Waals surface area (Å²) in [4.78, 5) is 59.2. The highest BCUT2D eigenvalue weighted by Crippen LogP contribution is 2.30. The maximum Gasteiger partial charge on any atom is 0.328 e. The number of piperazine rings is 1. The molecule has 5 aromatic rings. The number of pyridine rings is 1. The van der Waals surface area contributed by atoms with E-state index in [1.54, 1.807) is 4.90 Å². The highest BCUT2D eigenvalue weighted by molar-refractivity contribution is 6.05. The van der Waals surface area contributed by atoms with Crippen LogP contribution in [-0.4, -0.2) is 86.6 Å². The number of amides is 4. The van der Waals surface area contributed by atoms with Crippen LogP contribution in [0.1, 0.15) is 59.4 Å². The van der Waals surface area contributed by atoms with E-state index in [9.17, 15) is 14.4 Å². The van der Waals surface area contributed by atoms with Crippen LogP contribution in [0.3, 0.4) is 0 Å². The van der Waals surface area contributed by atoms with Crippen molar-refractivity contribution in [1.82, 2.24) is 35.3 Å². The lowest BCUT2D eigenvalue weighted by Gasteiger charge is -2.41. The van der Waals surface area contributed by atoms with E-state index < -0.39 is 5.91 Å². The molecule has 4 N–H and O–H groups in total. The second-order valence-corrected chi connectivity index (χ2v) is 13.4. The second kappa shape index (κ2) is 15.2. The van der Waals surface area contributed by atoms with Gasteiger partial charge >= 0.3 is 17.8 Å². The third kappa shape index (κ3) is 7.99. The molecule has 2 aromatic carbocycles. The van der Waals surface area contributed by atoms with Crippen molar-refractivity contribution >= 4 is 40.9 Å². The molecule has 3 aromatic heterocycles. The summed E-state index contributed by atoms with van der Waals surface area (Å²) in [6.07, 6.45) is 4.65. The molecular formula is C38H41N11O4. The summed E-state index contributed by atoms with van der Waals surface area (Å²) in [6.45, 7) is 10.3. The molecule has 0 bridgehead atoms. The molecule has 2 aliphatic rings. The average molecular weight is 716 g/mol. The van der Waals surface area contributed by atoms with Crippen LogP contribution in [0.5, 0.6) is 0 Å². The molecule has 2 saturated heterocycles. The number of nitrogens with two attached hydrogens (primary N) is 1. The van der Waals surface area contributed by atoms with Gasteiger partial charge in [-0.1, -0.05) is 36.3 Å². The van der Waals surface area contributed by atoms with Gasteiger partial charge in [-0.25, -0.2) is 19.7 Å². The van der Waals surface area contributed by atoms with E-state index in [0.717, 1.165) is 66.4 Å². The third-order valence-corrected chi connectivity index (χ3v) is 9.80. The highest BCUT2D eigenvalue weighted by Gasteiger charge is 2.26. The van der Waals surface area contributed by atoms with E-state index >= 15 is 0 Å². The summed E-state index contributed by atoms with van der Waals surface area (Å²) >= 11 is 0. The van der Waals surface area contributed by atoms with Gasteiger partial charge in [-0.2, -0.15) is 4.98 Å². The fourth-order valence-electron chi connectivity index (χ4n) is 6.88. The summed E-state index contributed by atoms with van der Waals surface area (Å²) in [6, 6.07) is 19.9. The monoisotopic (exact) mass is 715 g/mol. The Bertz CT molecular complexity index is 2120. The maximum absolute atomic E-state index is 12.2. The van der Waals surface area contributed by atoms with Crippen molar-refractivity contribution in [3.63, 3.8) is 0 Å². The van der Waals surface area contributed by atoms with E-state index in [-0.39, 0.29) is 23.7 Å². The molecule has 0 aliphatic carbocycles. The number of hydrogen-bond acceptors (Lipinski definition) is 12. The Morgan fingerprint density at radius 2 is 1.81 bits per heavy atom. The van der Waals surface area contributed by atoms with E-state index in [0.29, 0.717) is 36.5 Å². The minimum absolute atomic E-state index is 0.201. The van der Waals surface area contributed by atoms with Gasteiger partial charge in [0.1, 0.15) is 18.0 Å². The number of imide groups is 1.